The largest absolute Gasteiger partial charge is 0.497 e. The summed E-state index contributed by atoms with van der Waals surface area (Å²) in [5.74, 6) is 1.29. The molecule has 0 unspecified atom stereocenters. The van der Waals surface area contributed by atoms with Crippen LogP contribution in [0.1, 0.15) is 18.4 Å². The van der Waals surface area contributed by atoms with E-state index in [1.807, 2.05) is 36.4 Å². The smallest absolute Gasteiger partial charge is 0.149 e. The predicted octanol–water partition coefficient (Wildman–Crippen LogP) is 4.44. The van der Waals surface area contributed by atoms with Gasteiger partial charge in [-0.15, -0.1) is 10.2 Å². The molecule has 5 rings (SSSR count). The Kier molecular flexibility index (Phi) is 5.81. The van der Waals surface area contributed by atoms with E-state index in [-0.39, 0.29) is 5.82 Å². The molecular formula is C25H26FN5O. The summed E-state index contributed by atoms with van der Waals surface area (Å²) in [6, 6.07) is 16.0. The van der Waals surface area contributed by atoms with E-state index in [1.54, 1.807) is 7.11 Å². The molecule has 1 aliphatic rings. The van der Waals surface area contributed by atoms with Crippen LogP contribution in [0, 0.1) is 5.82 Å². The normalized spacial score (nSPS) is 15.3. The number of aromatic nitrogens is 3. The monoisotopic (exact) mass is 431 g/mol. The van der Waals surface area contributed by atoms with Gasteiger partial charge in [0.05, 0.1) is 24.3 Å². The van der Waals surface area contributed by atoms with Crippen molar-refractivity contribution in [3.8, 4) is 5.75 Å². The van der Waals surface area contributed by atoms with Crippen LogP contribution in [0.2, 0.25) is 0 Å². The topological polar surface area (TPSA) is 63.2 Å². The summed E-state index contributed by atoms with van der Waals surface area (Å²) < 4.78 is 19.9. The van der Waals surface area contributed by atoms with Crippen molar-refractivity contribution in [3.63, 3.8) is 0 Å². The van der Waals surface area contributed by atoms with Crippen molar-refractivity contribution >= 4 is 27.6 Å². The summed E-state index contributed by atoms with van der Waals surface area (Å²) in [7, 11) is 1.62. The second kappa shape index (κ2) is 9.04. The first-order valence-corrected chi connectivity index (χ1v) is 11.0. The van der Waals surface area contributed by atoms with Crippen LogP contribution in [-0.4, -0.2) is 52.9 Å². The number of hydrogen-bond donors (Lipinski definition) is 1. The van der Waals surface area contributed by atoms with E-state index >= 15 is 0 Å². The van der Waals surface area contributed by atoms with Gasteiger partial charge in [-0.05, 0) is 49.6 Å². The van der Waals surface area contributed by atoms with Crippen molar-refractivity contribution in [3.05, 3.63) is 66.1 Å². The average Bonchev–Trinajstić information content (AvgIpc) is 2.84. The second-order valence-electron chi connectivity index (χ2n) is 8.27. The third kappa shape index (κ3) is 4.34. The summed E-state index contributed by atoms with van der Waals surface area (Å²) >= 11 is 0. The number of hydrogen-bond acceptors (Lipinski definition) is 6. The quantitative estimate of drug-likeness (QED) is 0.487. The zero-order valence-electron chi connectivity index (χ0n) is 18.1. The molecule has 4 aromatic rings. The Labute approximate surface area is 186 Å². The molecule has 32 heavy (non-hydrogen) atoms. The van der Waals surface area contributed by atoms with E-state index in [1.165, 1.54) is 6.20 Å². The SMILES string of the molecule is COc1ccc2ncc(F)c(CCN3CCC(Nc4cc5ccccc5nn4)CC3)c2c1. The van der Waals surface area contributed by atoms with Crippen LogP contribution in [0.5, 0.6) is 5.75 Å². The van der Waals surface area contributed by atoms with Gasteiger partial charge in [0.1, 0.15) is 17.4 Å². The van der Waals surface area contributed by atoms with Crippen molar-refractivity contribution in [1.82, 2.24) is 20.1 Å². The highest BCUT2D eigenvalue weighted by Gasteiger charge is 2.20. The van der Waals surface area contributed by atoms with Crippen LogP contribution < -0.4 is 10.1 Å². The number of methoxy groups -OCH3 is 1. The van der Waals surface area contributed by atoms with Gasteiger partial charge in [0, 0.05) is 42.0 Å². The molecule has 2 aromatic carbocycles. The Balaban J connectivity index is 1.20. The highest BCUT2D eigenvalue weighted by Crippen LogP contribution is 2.25. The van der Waals surface area contributed by atoms with E-state index in [2.05, 4.69) is 37.5 Å². The fourth-order valence-corrected chi connectivity index (χ4v) is 4.42. The number of anilines is 1. The molecule has 1 N–H and O–H groups in total. The maximum absolute atomic E-state index is 14.6. The standard InChI is InChI=1S/C25H26FN5O/c1-32-19-6-7-24-21(15-19)20(22(26)16-27-24)10-13-31-11-8-18(9-12-31)28-25-14-17-4-2-3-5-23(17)29-30-25/h2-7,14-16,18H,8-13H2,1H3,(H,28,30). The molecule has 3 heterocycles. The number of likely N-dealkylation sites (tertiary alicyclic amines) is 1. The fraction of sp³-hybridized carbons (Fsp3) is 0.320. The molecule has 0 amide bonds. The molecular weight excluding hydrogens is 405 g/mol. The molecule has 1 aliphatic heterocycles. The Hall–Kier alpha value is -3.32. The zero-order chi connectivity index (χ0) is 21.9. The van der Waals surface area contributed by atoms with Gasteiger partial charge in [-0.1, -0.05) is 18.2 Å². The molecule has 0 atom stereocenters. The molecule has 1 fully saturated rings. The van der Waals surface area contributed by atoms with Gasteiger partial charge in [-0.3, -0.25) is 4.98 Å². The van der Waals surface area contributed by atoms with Crippen molar-refractivity contribution < 1.29 is 9.13 Å². The molecule has 6 nitrogen and oxygen atoms in total. The Morgan fingerprint density at radius 3 is 2.75 bits per heavy atom. The fourth-order valence-electron chi connectivity index (χ4n) is 4.42. The minimum Gasteiger partial charge on any atom is -0.497 e. The lowest BCUT2D eigenvalue weighted by Crippen LogP contribution is -2.40. The molecule has 0 bridgehead atoms. The van der Waals surface area contributed by atoms with Crippen LogP contribution in [-0.2, 0) is 6.42 Å². The van der Waals surface area contributed by atoms with Crippen LogP contribution in [0.15, 0.2) is 54.7 Å². The number of benzene rings is 2. The highest BCUT2D eigenvalue weighted by molar-refractivity contribution is 5.83. The second-order valence-corrected chi connectivity index (χ2v) is 8.27. The first kappa shape index (κ1) is 20.6. The lowest BCUT2D eigenvalue weighted by Gasteiger charge is -2.32. The minimum absolute atomic E-state index is 0.253. The lowest BCUT2D eigenvalue weighted by molar-refractivity contribution is 0.221. The lowest BCUT2D eigenvalue weighted by atomic mass is 10.0. The Morgan fingerprint density at radius 1 is 1.06 bits per heavy atom. The minimum atomic E-state index is -0.253. The van der Waals surface area contributed by atoms with Gasteiger partial charge in [-0.25, -0.2) is 4.39 Å². The molecule has 2 aromatic heterocycles. The van der Waals surface area contributed by atoms with Gasteiger partial charge < -0.3 is 15.0 Å². The van der Waals surface area contributed by atoms with Gasteiger partial charge >= 0.3 is 0 Å². The van der Waals surface area contributed by atoms with Crippen LogP contribution >= 0.6 is 0 Å². The third-order valence-electron chi connectivity index (χ3n) is 6.25. The number of nitrogens with zero attached hydrogens (tertiary/aromatic N) is 4. The van der Waals surface area contributed by atoms with Gasteiger partial charge in [0.25, 0.3) is 0 Å². The maximum atomic E-state index is 14.6. The maximum Gasteiger partial charge on any atom is 0.149 e. The summed E-state index contributed by atoms with van der Waals surface area (Å²) in [6.07, 6.45) is 4.00. The van der Waals surface area contributed by atoms with E-state index in [0.29, 0.717) is 18.0 Å². The summed E-state index contributed by atoms with van der Waals surface area (Å²) in [5.41, 5.74) is 2.41. The van der Waals surface area contributed by atoms with E-state index in [9.17, 15) is 4.39 Å². The molecule has 0 spiro atoms. The van der Waals surface area contributed by atoms with E-state index < -0.39 is 0 Å². The Morgan fingerprint density at radius 2 is 1.91 bits per heavy atom. The Bertz CT molecular complexity index is 1240. The number of rotatable bonds is 6. The molecule has 0 aliphatic carbocycles. The molecule has 164 valence electrons. The average molecular weight is 432 g/mol. The predicted molar refractivity (Wildman–Crippen MR) is 125 cm³/mol. The first-order valence-electron chi connectivity index (χ1n) is 11.0. The molecule has 1 saturated heterocycles. The number of halogens is 1. The number of fused-ring (bicyclic) bond motifs is 2. The van der Waals surface area contributed by atoms with E-state index in [4.69, 9.17) is 4.74 Å². The van der Waals surface area contributed by atoms with Crippen LogP contribution in [0.3, 0.4) is 0 Å². The molecule has 7 heteroatoms. The third-order valence-corrected chi connectivity index (χ3v) is 6.25. The summed E-state index contributed by atoms with van der Waals surface area (Å²) in [4.78, 5) is 6.62. The number of piperidine rings is 1. The number of ether oxygens (including phenoxy) is 1. The van der Waals surface area contributed by atoms with Crippen molar-refractivity contribution in [2.45, 2.75) is 25.3 Å². The van der Waals surface area contributed by atoms with Crippen LogP contribution in [0.4, 0.5) is 10.2 Å². The molecule has 0 radical (unpaired) electrons. The van der Waals surface area contributed by atoms with Crippen molar-refractivity contribution in [1.29, 1.82) is 0 Å². The zero-order valence-corrected chi connectivity index (χ0v) is 18.1. The highest BCUT2D eigenvalue weighted by atomic mass is 19.1. The number of pyridine rings is 1. The molecule has 0 saturated carbocycles. The summed E-state index contributed by atoms with van der Waals surface area (Å²) in [6.45, 7) is 2.75. The van der Waals surface area contributed by atoms with Gasteiger partial charge in [0.15, 0.2) is 0 Å². The van der Waals surface area contributed by atoms with Gasteiger partial charge in [-0.2, -0.15) is 0 Å². The first-order chi connectivity index (χ1) is 15.7. The summed E-state index contributed by atoms with van der Waals surface area (Å²) in [5, 5.41) is 14.1. The van der Waals surface area contributed by atoms with Crippen molar-refractivity contribution in [2.24, 2.45) is 0 Å². The van der Waals surface area contributed by atoms with E-state index in [0.717, 1.165) is 65.8 Å². The number of nitrogens with one attached hydrogen (secondary N) is 1. The van der Waals surface area contributed by atoms with Gasteiger partial charge in [0.2, 0.25) is 0 Å². The van der Waals surface area contributed by atoms with Crippen LogP contribution in [0.25, 0.3) is 21.8 Å². The van der Waals surface area contributed by atoms with Crippen molar-refractivity contribution in [2.75, 3.05) is 32.1 Å².